The minimum atomic E-state index is 0.488. The molecule has 1 atom stereocenters. The van der Waals surface area contributed by atoms with Crippen LogP contribution in [-0.4, -0.2) is 36.1 Å². The Hall–Kier alpha value is -0.0800. The highest BCUT2D eigenvalue weighted by Gasteiger charge is 2.45. The van der Waals surface area contributed by atoms with Crippen LogP contribution in [0.5, 0.6) is 0 Å². The van der Waals surface area contributed by atoms with Crippen LogP contribution in [0.25, 0.3) is 0 Å². The van der Waals surface area contributed by atoms with E-state index < -0.39 is 0 Å². The van der Waals surface area contributed by atoms with Crippen molar-refractivity contribution in [2.45, 2.75) is 82.7 Å². The zero-order chi connectivity index (χ0) is 14.3. The zero-order valence-corrected chi connectivity index (χ0v) is 13.9. The normalized spacial score (nSPS) is 33.7. The predicted octanol–water partition coefficient (Wildman–Crippen LogP) is 3.81. The predicted molar refractivity (Wildman–Crippen MR) is 88.4 cm³/mol. The van der Waals surface area contributed by atoms with Crippen LogP contribution >= 0.6 is 0 Å². The van der Waals surface area contributed by atoms with E-state index in [0.29, 0.717) is 5.54 Å². The van der Waals surface area contributed by atoms with E-state index in [2.05, 4.69) is 17.1 Å². The fourth-order valence-electron chi connectivity index (χ4n) is 5.22. The quantitative estimate of drug-likeness (QED) is 0.828. The second kappa shape index (κ2) is 5.85. The van der Waals surface area contributed by atoms with Crippen molar-refractivity contribution >= 4 is 0 Å². The van der Waals surface area contributed by atoms with Crippen molar-refractivity contribution in [2.24, 2.45) is 17.8 Å². The van der Waals surface area contributed by atoms with Crippen LogP contribution in [0.2, 0.25) is 0 Å². The summed E-state index contributed by atoms with van der Waals surface area (Å²) < 4.78 is 0. The van der Waals surface area contributed by atoms with E-state index >= 15 is 0 Å². The molecule has 0 aromatic heterocycles. The molecule has 1 heterocycles. The van der Waals surface area contributed by atoms with E-state index in [4.69, 9.17) is 0 Å². The molecule has 21 heavy (non-hydrogen) atoms. The Bertz CT molecular complexity index is 341. The van der Waals surface area contributed by atoms with Crippen molar-refractivity contribution in [1.82, 2.24) is 10.2 Å². The molecular formula is C19H34N2. The van der Waals surface area contributed by atoms with E-state index in [1.165, 1.54) is 83.8 Å². The fraction of sp³-hybridized carbons (Fsp3) is 1.00. The Labute approximate surface area is 131 Å². The molecule has 3 saturated carbocycles. The summed E-state index contributed by atoms with van der Waals surface area (Å²) in [6, 6.07) is 0.803. The molecule has 1 aliphatic heterocycles. The summed E-state index contributed by atoms with van der Waals surface area (Å²) in [6.07, 6.45) is 14.7. The van der Waals surface area contributed by atoms with Crippen LogP contribution in [-0.2, 0) is 0 Å². The maximum absolute atomic E-state index is 3.99. The Morgan fingerprint density at radius 1 is 1.05 bits per heavy atom. The average molecular weight is 290 g/mol. The Morgan fingerprint density at radius 2 is 1.71 bits per heavy atom. The van der Waals surface area contributed by atoms with Gasteiger partial charge >= 0.3 is 0 Å². The molecule has 4 rings (SSSR count). The van der Waals surface area contributed by atoms with Crippen LogP contribution < -0.4 is 5.32 Å². The molecule has 4 fully saturated rings. The largest absolute Gasteiger partial charge is 0.308 e. The summed E-state index contributed by atoms with van der Waals surface area (Å²) in [5.74, 6) is 3.26. The van der Waals surface area contributed by atoms with Gasteiger partial charge in [-0.25, -0.2) is 0 Å². The molecule has 0 radical (unpaired) electrons. The van der Waals surface area contributed by atoms with Crippen molar-refractivity contribution in [1.29, 1.82) is 0 Å². The van der Waals surface area contributed by atoms with E-state index in [1.807, 2.05) is 0 Å². The molecule has 0 bridgehead atoms. The third-order valence-corrected chi connectivity index (χ3v) is 6.92. The standard InChI is InChI=1S/C19H34N2/c1-2-17-12-20-19(10-4-3-5-11-19)14-21(17)13-18(15-6-7-15)16-8-9-16/h15-18,20H,2-14H2,1H3. The molecule has 1 saturated heterocycles. The summed E-state index contributed by atoms with van der Waals surface area (Å²) in [4.78, 5) is 2.93. The van der Waals surface area contributed by atoms with Gasteiger partial charge < -0.3 is 5.32 Å². The van der Waals surface area contributed by atoms with Crippen molar-refractivity contribution in [3.05, 3.63) is 0 Å². The lowest BCUT2D eigenvalue weighted by molar-refractivity contribution is 0.0372. The van der Waals surface area contributed by atoms with Crippen LogP contribution in [0.3, 0.4) is 0 Å². The highest BCUT2D eigenvalue weighted by Crippen LogP contribution is 2.50. The van der Waals surface area contributed by atoms with Gasteiger partial charge in [0.25, 0.3) is 0 Å². The van der Waals surface area contributed by atoms with Gasteiger partial charge in [-0.2, -0.15) is 0 Å². The number of piperazine rings is 1. The monoisotopic (exact) mass is 290 g/mol. The highest BCUT2D eigenvalue weighted by molar-refractivity contribution is 5.01. The van der Waals surface area contributed by atoms with Crippen LogP contribution in [0.15, 0.2) is 0 Å². The van der Waals surface area contributed by atoms with Gasteiger partial charge in [-0.3, -0.25) is 4.90 Å². The summed E-state index contributed by atoms with van der Waals surface area (Å²) in [5, 5.41) is 3.99. The third kappa shape index (κ3) is 3.17. The van der Waals surface area contributed by atoms with Gasteiger partial charge in [0, 0.05) is 31.2 Å². The Balaban J connectivity index is 1.44. The van der Waals surface area contributed by atoms with Crippen LogP contribution in [0.4, 0.5) is 0 Å². The summed E-state index contributed by atoms with van der Waals surface area (Å²) in [6.45, 7) is 6.42. The summed E-state index contributed by atoms with van der Waals surface area (Å²) in [5.41, 5.74) is 0.488. The number of nitrogens with zero attached hydrogens (tertiary/aromatic N) is 1. The fourth-order valence-corrected chi connectivity index (χ4v) is 5.22. The van der Waals surface area contributed by atoms with Crippen molar-refractivity contribution in [2.75, 3.05) is 19.6 Å². The van der Waals surface area contributed by atoms with Gasteiger partial charge in [0.2, 0.25) is 0 Å². The van der Waals surface area contributed by atoms with Gasteiger partial charge in [0.1, 0.15) is 0 Å². The Kier molecular flexibility index (Phi) is 4.04. The van der Waals surface area contributed by atoms with Gasteiger partial charge in [-0.1, -0.05) is 26.2 Å². The molecule has 0 amide bonds. The molecule has 1 N–H and O–H groups in total. The van der Waals surface area contributed by atoms with Crippen molar-refractivity contribution < 1.29 is 0 Å². The Morgan fingerprint density at radius 3 is 2.29 bits per heavy atom. The first-order chi connectivity index (χ1) is 10.3. The molecule has 1 spiro atoms. The van der Waals surface area contributed by atoms with Gasteiger partial charge in [0.15, 0.2) is 0 Å². The summed E-state index contributed by atoms with van der Waals surface area (Å²) in [7, 11) is 0. The molecule has 1 unspecified atom stereocenters. The van der Waals surface area contributed by atoms with Crippen LogP contribution in [0.1, 0.15) is 71.1 Å². The topological polar surface area (TPSA) is 15.3 Å². The molecule has 120 valence electrons. The first-order valence-electron chi connectivity index (χ1n) is 9.79. The molecule has 3 aliphatic carbocycles. The van der Waals surface area contributed by atoms with Crippen LogP contribution in [0, 0.1) is 17.8 Å². The molecule has 0 aromatic rings. The smallest absolute Gasteiger partial charge is 0.0309 e. The molecule has 2 heteroatoms. The first-order valence-corrected chi connectivity index (χ1v) is 9.79. The first kappa shape index (κ1) is 14.5. The molecule has 0 aromatic carbocycles. The van der Waals surface area contributed by atoms with Gasteiger partial charge in [-0.15, -0.1) is 0 Å². The second-order valence-electron chi connectivity index (χ2n) is 8.55. The lowest BCUT2D eigenvalue weighted by Crippen LogP contribution is -2.65. The molecule has 2 nitrogen and oxygen atoms in total. The third-order valence-electron chi connectivity index (χ3n) is 6.92. The maximum atomic E-state index is 3.99. The van der Waals surface area contributed by atoms with E-state index in [-0.39, 0.29) is 0 Å². The van der Waals surface area contributed by atoms with E-state index in [9.17, 15) is 0 Å². The number of hydrogen-bond acceptors (Lipinski definition) is 2. The lowest BCUT2D eigenvalue weighted by Gasteiger charge is -2.50. The lowest BCUT2D eigenvalue weighted by atomic mass is 9.79. The summed E-state index contributed by atoms with van der Waals surface area (Å²) >= 11 is 0. The van der Waals surface area contributed by atoms with Gasteiger partial charge in [-0.05, 0) is 62.7 Å². The minimum absolute atomic E-state index is 0.488. The van der Waals surface area contributed by atoms with E-state index in [0.717, 1.165) is 23.8 Å². The number of hydrogen-bond donors (Lipinski definition) is 1. The zero-order valence-electron chi connectivity index (χ0n) is 13.9. The second-order valence-corrected chi connectivity index (χ2v) is 8.55. The SMILES string of the molecule is CCC1CNC2(CCCCC2)CN1CC(C1CC1)C1CC1. The minimum Gasteiger partial charge on any atom is -0.308 e. The number of rotatable bonds is 5. The molecular weight excluding hydrogens is 256 g/mol. The van der Waals surface area contributed by atoms with Gasteiger partial charge in [0.05, 0.1) is 0 Å². The van der Waals surface area contributed by atoms with Crippen molar-refractivity contribution in [3.63, 3.8) is 0 Å². The number of nitrogens with one attached hydrogen (secondary N) is 1. The van der Waals surface area contributed by atoms with E-state index in [1.54, 1.807) is 0 Å². The highest BCUT2D eigenvalue weighted by atomic mass is 15.3. The van der Waals surface area contributed by atoms with Crippen molar-refractivity contribution in [3.8, 4) is 0 Å². The average Bonchev–Trinajstić information content (AvgIpc) is 3.40. The maximum Gasteiger partial charge on any atom is 0.0309 e. The molecule has 4 aliphatic rings.